The predicted octanol–water partition coefficient (Wildman–Crippen LogP) is 2.43. The predicted molar refractivity (Wildman–Crippen MR) is 98.6 cm³/mol. The number of rotatable bonds is 7. The van der Waals surface area contributed by atoms with E-state index >= 15 is 0 Å². The Balaban J connectivity index is 1.62. The highest BCUT2D eigenvalue weighted by Crippen LogP contribution is 2.14. The summed E-state index contributed by atoms with van der Waals surface area (Å²) in [6.07, 6.45) is 1.17. The molecule has 0 saturated carbocycles. The third-order valence-electron chi connectivity index (χ3n) is 4.09. The molecule has 6 nitrogen and oxygen atoms in total. The monoisotopic (exact) mass is 352 g/mol. The molecule has 3 rings (SSSR count). The van der Waals surface area contributed by atoms with Crippen LogP contribution in [0.1, 0.15) is 23.7 Å². The first-order valence-electron chi connectivity index (χ1n) is 8.47. The summed E-state index contributed by atoms with van der Waals surface area (Å²) in [7, 11) is 0. The minimum absolute atomic E-state index is 0.0159. The molecule has 0 aliphatic heterocycles. The van der Waals surface area contributed by atoms with E-state index in [1.807, 2.05) is 19.1 Å². The molecule has 1 unspecified atom stereocenters. The minimum atomic E-state index is -0.890. The summed E-state index contributed by atoms with van der Waals surface area (Å²) in [5.74, 6) is 0.619. The van der Waals surface area contributed by atoms with Gasteiger partial charge in [-0.3, -0.25) is 9.59 Å². The molecule has 0 saturated heterocycles. The van der Waals surface area contributed by atoms with E-state index in [0.717, 1.165) is 5.39 Å². The summed E-state index contributed by atoms with van der Waals surface area (Å²) in [4.78, 5) is 24.0. The number of Topliss-reactive ketones (excluding diaryl/α,β-unsaturated/α-hetero) is 1. The molecule has 0 aliphatic rings. The fourth-order valence-electron chi connectivity index (χ4n) is 2.64. The molecular formula is C20H20N2O4. The molecule has 26 heavy (non-hydrogen) atoms. The van der Waals surface area contributed by atoms with Gasteiger partial charge >= 0.3 is 0 Å². The van der Waals surface area contributed by atoms with Crippen molar-refractivity contribution in [3.63, 3.8) is 0 Å². The third kappa shape index (κ3) is 3.97. The van der Waals surface area contributed by atoms with Crippen molar-refractivity contribution in [3.8, 4) is 5.75 Å². The van der Waals surface area contributed by atoms with Gasteiger partial charge in [0.15, 0.2) is 5.78 Å². The fraction of sp³-hybridized carbons (Fsp3) is 0.250. The average molecular weight is 352 g/mol. The maximum absolute atomic E-state index is 12.4. The zero-order valence-corrected chi connectivity index (χ0v) is 14.5. The maximum Gasteiger partial charge on any atom is 0.274 e. The second-order valence-corrected chi connectivity index (χ2v) is 5.99. The van der Waals surface area contributed by atoms with E-state index in [-0.39, 0.29) is 24.5 Å². The summed E-state index contributed by atoms with van der Waals surface area (Å²) < 4.78 is 6.77. The number of aliphatic hydroxyl groups excluding tert-OH is 1. The highest BCUT2D eigenvalue weighted by atomic mass is 16.5. The van der Waals surface area contributed by atoms with Gasteiger partial charge in [-0.05, 0) is 30.3 Å². The van der Waals surface area contributed by atoms with Crippen molar-refractivity contribution in [3.05, 3.63) is 70.6 Å². The zero-order chi connectivity index (χ0) is 18.5. The molecule has 0 bridgehead atoms. The Morgan fingerprint density at radius 1 is 1.19 bits per heavy atom. The lowest BCUT2D eigenvalue weighted by atomic mass is 10.1. The van der Waals surface area contributed by atoms with E-state index in [4.69, 9.17) is 4.74 Å². The van der Waals surface area contributed by atoms with Crippen LogP contribution in [0.5, 0.6) is 5.75 Å². The number of benzene rings is 2. The molecule has 0 amide bonds. The van der Waals surface area contributed by atoms with Crippen LogP contribution in [0.4, 0.5) is 0 Å². The molecule has 0 aliphatic carbocycles. The average Bonchev–Trinajstić information content (AvgIpc) is 2.68. The molecule has 3 aromatic rings. The van der Waals surface area contributed by atoms with Crippen molar-refractivity contribution < 1.29 is 14.6 Å². The number of carbonyl (C=O) groups is 1. The Hall–Kier alpha value is -2.99. The highest BCUT2D eigenvalue weighted by molar-refractivity contribution is 5.95. The lowest BCUT2D eigenvalue weighted by Crippen LogP contribution is -2.31. The Kier molecular flexibility index (Phi) is 5.43. The third-order valence-corrected chi connectivity index (χ3v) is 4.09. The molecule has 1 aromatic heterocycles. The molecule has 1 heterocycles. The largest absolute Gasteiger partial charge is 0.491 e. The normalized spacial score (nSPS) is 12.1. The SMILES string of the molecule is CCC(=O)c1ccc(OCC(O)Cn2ncc3ccccc3c2=O)cc1. The van der Waals surface area contributed by atoms with Crippen LogP contribution in [0.3, 0.4) is 0 Å². The van der Waals surface area contributed by atoms with Crippen LogP contribution in [-0.4, -0.2) is 33.4 Å². The lowest BCUT2D eigenvalue weighted by molar-refractivity contribution is 0.0880. The molecule has 1 N–H and O–H groups in total. The Bertz CT molecular complexity index is 963. The number of carbonyl (C=O) groups excluding carboxylic acids is 1. The van der Waals surface area contributed by atoms with Gasteiger partial charge in [0.1, 0.15) is 18.5 Å². The van der Waals surface area contributed by atoms with Gasteiger partial charge in [-0.25, -0.2) is 4.68 Å². The van der Waals surface area contributed by atoms with Crippen molar-refractivity contribution in [2.75, 3.05) is 6.61 Å². The number of hydrogen-bond acceptors (Lipinski definition) is 5. The van der Waals surface area contributed by atoms with E-state index in [1.54, 1.807) is 42.6 Å². The van der Waals surface area contributed by atoms with Crippen molar-refractivity contribution in [1.29, 1.82) is 0 Å². The number of aromatic nitrogens is 2. The molecular weight excluding hydrogens is 332 g/mol. The fourth-order valence-corrected chi connectivity index (χ4v) is 2.64. The molecule has 1 atom stereocenters. The minimum Gasteiger partial charge on any atom is -0.491 e. The van der Waals surface area contributed by atoms with Crippen LogP contribution in [0.15, 0.2) is 59.5 Å². The Labute approximate surface area is 150 Å². The second-order valence-electron chi connectivity index (χ2n) is 5.99. The van der Waals surface area contributed by atoms with Crippen LogP contribution in [0, 0.1) is 0 Å². The number of nitrogens with zero attached hydrogens (tertiary/aromatic N) is 2. The number of aliphatic hydroxyl groups is 1. The first kappa shape index (κ1) is 17.8. The summed E-state index contributed by atoms with van der Waals surface area (Å²) in [5, 5.41) is 15.6. The van der Waals surface area contributed by atoms with Gasteiger partial charge in [0.2, 0.25) is 0 Å². The van der Waals surface area contributed by atoms with Gasteiger partial charge < -0.3 is 9.84 Å². The summed E-state index contributed by atoms with van der Waals surface area (Å²) >= 11 is 0. The molecule has 2 aromatic carbocycles. The van der Waals surface area contributed by atoms with E-state index < -0.39 is 6.10 Å². The molecule has 0 spiro atoms. The van der Waals surface area contributed by atoms with Gasteiger partial charge in [-0.15, -0.1) is 0 Å². The molecule has 0 radical (unpaired) electrons. The number of ether oxygens (including phenoxy) is 1. The quantitative estimate of drug-likeness (QED) is 0.661. The van der Waals surface area contributed by atoms with Gasteiger partial charge in [0.25, 0.3) is 5.56 Å². The van der Waals surface area contributed by atoms with Gasteiger partial charge in [0.05, 0.1) is 18.1 Å². The van der Waals surface area contributed by atoms with Crippen LogP contribution in [0.2, 0.25) is 0 Å². The topological polar surface area (TPSA) is 81.4 Å². The number of hydrogen-bond donors (Lipinski definition) is 1. The Morgan fingerprint density at radius 2 is 1.92 bits per heavy atom. The summed E-state index contributed by atoms with van der Waals surface area (Å²) in [6.45, 7) is 1.87. The van der Waals surface area contributed by atoms with Crippen LogP contribution < -0.4 is 10.3 Å². The van der Waals surface area contributed by atoms with Crippen molar-refractivity contribution in [1.82, 2.24) is 9.78 Å². The molecule has 134 valence electrons. The molecule has 0 fully saturated rings. The summed E-state index contributed by atoms with van der Waals surface area (Å²) in [6, 6.07) is 14.0. The molecule has 6 heteroatoms. The highest BCUT2D eigenvalue weighted by Gasteiger charge is 2.11. The van der Waals surface area contributed by atoms with E-state index in [0.29, 0.717) is 23.1 Å². The number of ketones is 1. The second kappa shape index (κ2) is 7.93. The first-order chi connectivity index (χ1) is 12.6. The number of fused-ring (bicyclic) bond motifs is 1. The van der Waals surface area contributed by atoms with Crippen LogP contribution >= 0.6 is 0 Å². The summed E-state index contributed by atoms with van der Waals surface area (Å²) in [5.41, 5.74) is 0.386. The van der Waals surface area contributed by atoms with Gasteiger partial charge in [-0.1, -0.05) is 25.1 Å². The van der Waals surface area contributed by atoms with Crippen LogP contribution in [-0.2, 0) is 6.54 Å². The van der Waals surface area contributed by atoms with Crippen molar-refractivity contribution in [2.45, 2.75) is 26.0 Å². The van der Waals surface area contributed by atoms with Crippen LogP contribution in [0.25, 0.3) is 10.8 Å². The van der Waals surface area contributed by atoms with Gasteiger partial charge in [-0.2, -0.15) is 5.10 Å². The van der Waals surface area contributed by atoms with E-state index in [9.17, 15) is 14.7 Å². The Morgan fingerprint density at radius 3 is 2.65 bits per heavy atom. The maximum atomic E-state index is 12.4. The standard InChI is InChI=1S/C20H20N2O4/c1-2-19(24)14-7-9-17(10-8-14)26-13-16(23)12-22-20(25)18-6-4-3-5-15(18)11-21-22/h3-11,16,23H,2,12-13H2,1H3. The smallest absolute Gasteiger partial charge is 0.274 e. The van der Waals surface area contributed by atoms with Crippen molar-refractivity contribution in [2.24, 2.45) is 0 Å². The lowest BCUT2D eigenvalue weighted by Gasteiger charge is -2.13. The van der Waals surface area contributed by atoms with Gasteiger partial charge in [0, 0.05) is 17.4 Å². The van der Waals surface area contributed by atoms with E-state index in [1.165, 1.54) is 4.68 Å². The van der Waals surface area contributed by atoms with Crippen molar-refractivity contribution >= 4 is 16.6 Å². The van der Waals surface area contributed by atoms with E-state index in [2.05, 4.69) is 5.10 Å². The first-order valence-corrected chi connectivity index (χ1v) is 8.47. The zero-order valence-electron chi connectivity index (χ0n) is 14.5.